The molecule has 0 aromatic heterocycles. The maximum absolute atomic E-state index is 13.8. The molecular weight excluding hydrogens is 780 g/mol. The molecule has 0 radical (unpaired) electrons. The average Bonchev–Trinajstić information content (AvgIpc) is 3.64. The molecule has 1 saturated carbocycles. The van der Waals surface area contributed by atoms with E-state index in [2.05, 4.69) is 61.5 Å². The molecule has 308 valence electrons. The van der Waals surface area contributed by atoms with Crippen LogP contribution in [0.15, 0.2) is 54.6 Å². The third-order valence-corrected chi connectivity index (χ3v) is 14.2. The van der Waals surface area contributed by atoms with E-state index in [0.717, 1.165) is 71.2 Å². The van der Waals surface area contributed by atoms with E-state index in [9.17, 15) is 29.2 Å². The van der Waals surface area contributed by atoms with Crippen molar-refractivity contribution in [1.29, 1.82) is 5.26 Å². The highest BCUT2D eigenvalue weighted by Crippen LogP contribution is 2.59. The van der Waals surface area contributed by atoms with Gasteiger partial charge in [-0.05, 0) is 86.4 Å². The van der Waals surface area contributed by atoms with E-state index < -0.39 is 23.8 Å². The molecule has 5 amide bonds. The number of benzene rings is 3. The van der Waals surface area contributed by atoms with Gasteiger partial charge in [-0.25, -0.2) is 0 Å². The zero-order valence-corrected chi connectivity index (χ0v) is 35.2. The summed E-state index contributed by atoms with van der Waals surface area (Å²) in [6.45, 7) is 12.6. The summed E-state index contributed by atoms with van der Waals surface area (Å²) in [4.78, 5) is 74.0. The Morgan fingerprint density at radius 3 is 2.22 bits per heavy atom. The summed E-state index contributed by atoms with van der Waals surface area (Å²) in [6.07, 6.45) is 2.01. The van der Waals surface area contributed by atoms with Crippen LogP contribution in [-0.4, -0.2) is 107 Å². The highest BCUT2D eigenvalue weighted by Gasteiger charge is 2.67. The monoisotopic (exact) mass is 826 g/mol. The van der Waals surface area contributed by atoms with Crippen LogP contribution in [-0.2, 0) is 16.1 Å². The average molecular weight is 827 g/mol. The number of hydrogen-bond acceptors (Lipinski definition) is 9. The number of hydrogen-bond donors (Lipinski definition) is 0. The second kappa shape index (κ2) is 14.5. The standard InChI is InChI=1S/C47H47ClN6O6/c1-46(2)44(47(3,4)45(46)60-33-11-9-29(23-49)37(48)22-33)53-24-30-20-28(8-12-34(30)40(53)56)7-6-27-16-18-51(19-17-27)32-25-52(26-32)31-10-13-35-36(21-31)42(58)54(41(35)57)38-14-15-39(55)50(5)43(38)59/h8-13,20-22,27,32,38,44-45H,14-19,24-26H2,1-5H3. The molecule has 5 heterocycles. The Labute approximate surface area is 355 Å². The molecule has 9 rings (SSSR count). The number of carbonyl (C=O) groups is 5. The smallest absolute Gasteiger partial charge is 0.262 e. The van der Waals surface area contributed by atoms with Crippen LogP contribution in [0.5, 0.6) is 5.75 Å². The summed E-state index contributed by atoms with van der Waals surface area (Å²) in [5, 5.41) is 9.62. The van der Waals surface area contributed by atoms with Crippen molar-refractivity contribution < 1.29 is 28.7 Å². The Balaban J connectivity index is 0.777. The SMILES string of the molecule is CN1C(=O)CCC(N2C(=O)c3ccc(N4CC(N5CCC(C#Cc6ccc7c(c6)CN(C6C(C)(C)C(Oc8ccc(C#N)c(Cl)c8)C6(C)C)C7=O)CC5)C4)cc3C2=O)C1=O. The van der Waals surface area contributed by atoms with Crippen molar-refractivity contribution in [3.05, 3.63) is 93.0 Å². The van der Waals surface area contributed by atoms with Gasteiger partial charge in [0.2, 0.25) is 5.91 Å². The number of nitrogens with zero attached hydrogens (tertiary/aromatic N) is 6. The third kappa shape index (κ3) is 6.35. The molecule has 6 aliphatic rings. The number of anilines is 1. The van der Waals surface area contributed by atoms with Gasteiger partial charge in [-0.2, -0.15) is 5.26 Å². The number of ether oxygens (including phenoxy) is 1. The highest BCUT2D eigenvalue weighted by atomic mass is 35.5. The van der Waals surface area contributed by atoms with Gasteiger partial charge >= 0.3 is 0 Å². The first-order chi connectivity index (χ1) is 28.6. The lowest BCUT2D eigenvalue weighted by Crippen LogP contribution is -2.74. The maximum atomic E-state index is 13.8. The van der Waals surface area contributed by atoms with E-state index in [1.165, 1.54) is 7.05 Å². The third-order valence-electron chi connectivity index (χ3n) is 13.9. The fourth-order valence-electron chi connectivity index (χ4n) is 11.0. The van der Waals surface area contributed by atoms with Crippen molar-refractivity contribution in [1.82, 2.24) is 19.6 Å². The second-order valence-corrected chi connectivity index (χ2v) is 18.7. The fraction of sp³-hybridized carbons (Fsp3) is 0.447. The predicted octanol–water partition coefficient (Wildman–Crippen LogP) is 5.75. The molecule has 5 aliphatic heterocycles. The molecule has 3 aromatic carbocycles. The number of piperidine rings is 2. The van der Waals surface area contributed by atoms with Crippen molar-refractivity contribution in [2.75, 3.05) is 38.1 Å². The normalized spacial score (nSPS) is 25.0. The van der Waals surface area contributed by atoms with Crippen LogP contribution in [0.3, 0.4) is 0 Å². The number of carbonyl (C=O) groups excluding carboxylic acids is 5. The zero-order valence-electron chi connectivity index (χ0n) is 34.5. The number of fused-ring (bicyclic) bond motifs is 2. The van der Waals surface area contributed by atoms with Crippen LogP contribution in [0, 0.1) is 39.9 Å². The van der Waals surface area contributed by atoms with Crippen LogP contribution in [0.4, 0.5) is 5.69 Å². The van der Waals surface area contributed by atoms with Crippen LogP contribution in [0.1, 0.15) is 101 Å². The minimum atomic E-state index is -0.965. The molecule has 60 heavy (non-hydrogen) atoms. The van der Waals surface area contributed by atoms with Gasteiger partial charge in [0.1, 0.15) is 24.0 Å². The van der Waals surface area contributed by atoms with Gasteiger partial charge in [0.25, 0.3) is 23.6 Å². The van der Waals surface area contributed by atoms with Crippen molar-refractivity contribution in [2.24, 2.45) is 16.7 Å². The van der Waals surface area contributed by atoms with E-state index >= 15 is 0 Å². The second-order valence-electron chi connectivity index (χ2n) is 18.3. The predicted molar refractivity (Wildman–Crippen MR) is 223 cm³/mol. The van der Waals surface area contributed by atoms with Crippen molar-refractivity contribution >= 4 is 46.8 Å². The number of imide groups is 2. The topological polar surface area (TPSA) is 135 Å². The van der Waals surface area contributed by atoms with Crippen molar-refractivity contribution in [3.8, 4) is 23.7 Å². The van der Waals surface area contributed by atoms with E-state index in [-0.39, 0.29) is 53.5 Å². The van der Waals surface area contributed by atoms with Crippen LogP contribution in [0.2, 0.25) is 5.02 Å². The molecule has 0 spiro atoms. The van der Waals surface area contributed by atoms with Gasteiger partial charge in [-0.3, -0.25) is 38.7 Å². The van der Waals surface area contributed by atoms with E-state index in [1.54, 1.807) is 30.3 Å². The van der Waals surface area contributed by atoms with Crippen LogP contribution < -0.4 is 9.64 Å². The first-order valence-corrected chi connectivity index (χ1v) is 21.1. The lowest BCUT2D eigenvalue weighted by Gasteiger charge is -2.65. The van der Waals surface area contributed by atoms with E-state index in [1.807, 2.05) is 23.1 Å². The zero-order chi connectivity index (χ0) is 42.4. The van der Waals surface area contributed by atoms with E-state index in [4.69, 9.17) is 16.3 Å². The Kier molecular flexibility index (Phi) is 9.61. The molecule has 1 aliphatic carbocycles. The Morgan fingerprint density at radius 2 is 1.52 bits per heavy atom. The molecule has 3 aromatic rings. The maximum Gasteiger partial charge on any atom is 0.262 e. The fourth-order valence-corrected chi connectivity index (χ4v) is 11.2. The molecule has 13 heteroatoms. The van der Waals surface area contributed by atoms with Gasteiger partial charge in [-0.15, -0.1) is 0 Å². The summed E-state index contributed by atoms with van der Waals surface area (Å²) in [7, 11) is 1.39. The Morgan fingerprint density at radius 1 is 0.817 bits per heavy atom. The largest absolute Gasteiger partial charge is 0.489 e. The van der Waals surface area contributed by atoms with E-state index in [0.29, 0.717) is 40.0 Å². The molecule has 1 atom stereocenters. The van der Waals surface area contributed by atoms with Gasteiger partial charge in [0.05, 0.1) is 21.7 Å². The number of likely N-dealkylation sites (tertiary alicyclic amines) is 2. The van der Waals surface area contributed by atoms with Crippen molar-refractivity contribution in [2.45, 2.75) is 84.2 Å². The molecular formula is C47H47ClN6O6. The Hall–Kier alpha value is -5.69. The van der Waals surface area contributed by atoms with Gasteiger partial charge < -0.3 is 14.5 Å². The summed E-state index contributed by atoms with van der Waals surface area (Å²) in [6, 6.07) is 17.8. The Bertz CT molecular complexity index is 2470. The first-order valence-electron chi connectivity index (χ1n) is 20.7. The van der Waals surface area contributed by atoms with Crippen molar-refractivity contribution in [3.63, 3.8) is 0 Å². The lowest BCUT2D eigenvalue weighted by molar-refractivity contribution is -0.199. The number of likely N-dealkylation sites (N-methyl/N-ethyl adjacent to an activating group) is 1. The number of nitriles is 1. The highest BCUT2D eigenvalue weighted by molar-refractivity contribution is 6.31. The summed E-state index contributed by atoms with van der Waals surface area (Å²) in [5.41, 5.74) is 3.82. The molecule has 3 saturated heterocycles. The molecule has 0 N–H and O–H groups in total. The quantitative estimate of drug-likeness (QED) is 0.225. The molecule has 12 nitrogen and oxygen atoms in total. The lowest BCUT2D eigenvalue weighted by atomic mass is 9.49. The number of amides is 5. The molecule has 0 bridgehead atoms. The summed E-state index contributed by atoms with van der Waals surface area (Å²) in [5.74, 6) is 6.06. The van der Waals surface area contributed by atoms with Gasteiger partial charge in [0, 0.05) is 84.8 Å². The van der Waals surface area contributed by atoms with Crippen LogP contribution in [0.25, 0.3) is 0 Å². The summed E-state index contributed by atoms with van der Waals surface area (Å²) >= 11 is 6.29. The van der Waals surface area contributed by atoms with Gasteiger partial charge in [-0.1, -0.05) is 51.1 Å². The minimum absolute atomic E-state index is 0.0316. The molecule has 1 unspecified atom stereocenters. The van der Waals surface area contributed by atoms with Crippen LogP contribution >= 0.6 is 11.6 Å². The molecule has 4 fully saturated rings. The van der Waals surface area contributed by atoms with Gasteiger partial charge in [0.15, 0.2) is 0 Å². The minimum Gasteiger partial charge on any atom is -0.489 e. The number of halogens is 1. The number of rotatable bonds is 6. The first kappa shape index (κ1) is 39.8. The summed E-state index contributed by atoms with van der Waals surface area (Å²) < 4.78 is 6.48.